The first kappa shape index (κ1) is 23.8. The largest absolute Gasteiger partial charge is 0.372 e. The minimum Gasteiger partial charge on any atom is -0.372 e. The first-order valence-electron chi connectivity index (χ1n) is 11.8. The van der Waals surface area contributed by atoms with E-state index >= 15 is 0 Å². The molecule has 0 aliphatic carbocycles. The molecule has 0 radical (unpaired) electrons. The third-order valence-corrected chi connectivity index (χ3v) is 6.84. The van der Waals surface area contributed by atoms with Crippen LogP contribution in [0.1, 0.15) is 24.8 Å². The molecule has 33 heavy (non-hydrogen) atoms. The number of carbonyl (C=O) groups excluding carboxylic acids is 1. The molecule has 2 aromatic carbocycles. The summed E-state index contributed by atoms with van der Waals surface area (Å²) in [5.41, 5.74) is 3.82. The van der Waals surface area contributed by atoms with Gasteiger partial charge in [-0.3, -0.25) is 14.9 Å². The topological polar surface area (TPSA) is 62.3 Å². The number of piperazine rings is 1. The highest BCUT2D eigenvalue weighted by molar-refractivity contribution is 6.31. The van der Waals surface area contributed by atoms with E-state index in [1.165, 1.54) is 24.9 Å². The number of piperidine rings is 1. The summed E-state index contributed by atoms with van der Waals surface area (Å²) in [5, 5.41) is 14.9. The second-order valence-corrected chi connectivity index (χ2v) is 9.46. The van der Waals surface area contributed by atoms with Crippen molar-refractivity contribution >= 4 is 34.6 Å². The highest BCUT2D eigenvalue weighted by atomic mass is 35.5. The summed E-state index contributed by atoms with van der Waals surface area (Å²) in [6.07, 6.45) is 3.85. The Labute approximate surface area is 201 Å². The van der Waals surface area contributed by atoms with Gasteiger partial charge in [-0.15, -0.1) is 0 Å². The molecule has 0 spiro atoms. The maximum Gasteiger partial charge on any atom is 0.260 e. The SMILES string of the molecule is CN1CCN(CC(=O)N(O)Cc2ccc(Nc3ccc(N4CCCCC4)cc3)cc2Cl)CC1. The molecule has 4 rings (SSSR count). The Balaban J connectivity index is 1.30. The van der Waals surface area contributed by atoms with Crippen molar-refractivity contribution in [3.63, 3.8) is 0 Å². The minimum atomic E-state index is -0.313. The number of hydrogen-bond donors (Lipinski definition) is 2. The number of nitrogens with one attached hydrogen (secondary N) is 1. The van der Waals surface area contributed by atoms with Crippen molar-refractivity contribution in [2.45, 2.75) is 25.8 Å². The van der Waals surface area contributed by atoms with Gasteiger partial charge in [0.1, 0.15) is 0 Å². The van der Waals surface area contributed by atoms with E-state index in [0.29, 0.717) is 10.6 Å². The predicted molar refractivity (Wildman–Crippen MR) is 134 cm³/mol. The lowest BCUT2D eigenvalue weighted by Crippen LogP contribution is -2.48. The molecule has 7 nitrogen and oxygen atoms in total. The number of benzene rings is 2. The molecule has 0 atom stereocenters. The van der Waals surface area contributed by atoms with Crippen molar-refractivity contribution in [2.75, 3.05) is 63.1 Å². The van der Waals surface area contributed by atoms with Crippen LogP contribution >= 0.6 is 11.6 Å². The number of carbonyl (C=O) groups is 1. The smallest absolute Gasteiger partial charge is 0.260 e. The summed E-state index contributed by atoms with van der Waals surface area (Å²) in [6.45, 7) is 6.06. The average Bonchev–Trinajstić information content (AvgIpc) is 2.83. The number of hydrogen-bond acceptors (Lipinski definition) is 6. The van der Waals surface area contributed by atoms with Crippen molar-refractivity contribution in [2.24, 2.45) is 0 Å². The van der Waals surface area contributed by atoms with Crippen LogP contribution < -0.4 is 10.2 Å². The Morgan fingerprint density at radius 1 is 0.970 bits per heavy atom. The lowest BCUT2D eigenvalue weighted by atomic mass is 10.1. The van der Waals surface area contributed by atoms with Crippen LogP contribution in [-0.4, -0.2) is 78.8 Å². The maximum absolute atomic E-state index is 12.4. The average molecular weight is 472 g/mol. The van der Waals surface area contributed by atoms with Crippen molar-refractivity contribution < 1.29 is 10.0 Å². The molecule has 2 aliphatic rings. The van der Waals surface area contributed by atoms with Gasteiger partial charge < -0.3 is 15.1 Å². The van der Waals surface area contributed by atoms with Gasteiger partial charge in [-0.05, 0) is 68.3 Å². The first-order valence-corrected chi connectivity index (χ1v) is 12.2. The van der Waals surface area contributed by atoms with Crippen LogP contribution in [-0.2, 0) is 11.3 Å². The Hall–Kier alpha value is -2.32. The van der Waals surface area contributed by atoms with Crippen LogP contribution in [0.5, 0.6) is 0 Å². The highest BCUT2D eigenvalue weighted by Gasteiger charge is 2.20. The normalized spacial score (nSPS) is 17.7. The van der Waals surface area contributed by atoms with Gasteiger partial charge >= 0.3 is 0 Å². The number of anilines is 3. The van der Waals surface area contributed by atoms with Gasteiger partial charge in [-0.2, -0.15) is 0 Å². The van der Waals surface area contributed by atoms with E-state index in [9.17, 15) is 10.0 Å². The van der Waals surface area contributed by atoms with Crippen LogP contribution in [0.25, 0.3) is 0 Å². The predicted octanol–water partition coefficient (Wildman–Crippen LogP) is 4.04. The number of hydroxylamine groups is 2. The van der Waals surface area contributed by atoms with Gasteiger partial charge in [0, 0.05) is 61.4 Å². The molecule has 2 saturated heterocycles. The number of halogens is 1. The summed E-state index contributed by atoms with van der Waals surface area (Å²) in [6, 6.07) is 14.1. The molecule has 2 heterocycles. The van der Waals surface area contributed by atoms with Crippen molar-refractivity contribution in [1.29, 1.82) is 0 Å². The Kier molecular flexibility index (Phi) is 8.09. The monoisotopic (exact) mass is 471 g/mol. The van der Waals surface area contributed by atoms with E-state index in [-0.39, 0.29) is 19.0 Å². The summed E-state index contributed by atoms with van der Waals surface area (Å²) >= 11 is 6.47. The maximum atomic E-state index is 12.4. The van der Waals surface area contributed by atoms with Crippen LogP contribution in [0.3, 0.4) is 0 Å². The van der Waals surface area contributed by atoms with Crippen LogP contribution in [0.15, 0.2) is 42.5 Å². The van der Waals surface area contributed by atoms with E-state index in [4.69, 9.17) is 11.6 Å². The fourth-order valence-corrected chi connectivity index (χ4v) is 4.60. The third kappa shape index (κ3) is 6.60. The van der Waals surface area contributed by atoms with E-state index in [1.54, 1.807) is 0 Å². The third-order valence-electron chi connectivity index (χ3n) is 6.49. The number of amides is 1. The fraction of sp³-hybridized carbons (Fsp3) is 0.480. The zero-order valence-corrected chi connectivity index (χ0v) is 20.1. The second-order valence-electron chi connectivity index (χ2n) is 9.06. The quantitative estimate of drug-likeness (QED) is 0.469. The van der Waals surface area contributed by atoms with Gasteiger partial charge in [-0.25, -0.2) is 5.06 Å². The van der Waals surface area contributed by atoms with Gasteiger partial charge in [0.15, 0.2) is 0 Å². The fourth-order valence-electron chi connectivity index (χ4n) is 4.36. The molecule has 2 fully saturated rings. The Morgan fingerprint density at radius 2 is 1.64 bits per heavy atom. The first-order chi connectivity index (χ1) is 16.0. The summed E-state index contributed by atoms with van der Waals surface area (Å²) < 4.78 is 0. The molecule has 0 bridgehead atoms. The van der Waals surface area contributed by atoms with E-state index in [0.717, 1.165) is 55.7 Å². The molecule has 8 heteroatoms. The van der Waals surface area contributed by atoms with E-state index in [2.05, 4.69) is 51.3 Å². The highest BCUT2D eigenvalue weighted by Crippen LogP contribution is 2.27. The van der Waals surface area contributed by atoms with Crippen molar-refractivity contribution in [3.05, 3.63) is 53.1 Å². The van der Waals surface area contributed by atoms with Gasteiger partial charge in [0.05, 0.1) is 13.1 Å². The van der Waals surface area contributed by atoms with Crippen molar-refractivity contribution in [3.8, 4) is 0 Å². The zero-order valence-electron chi connectivity index (χ0n) is 19.3. The summed E-state index contributed by atoms with van der Waals surface area (Å²) in [4.78, 5) is 19.2. The zero-order chi connectivity index (χ0) is 23.2. The van der Waals surface area contributed by atoms with E-state index in [1.807, 2.05) is 18.2 Å². The Bertz CT molecular complexity index is 925. The van der Waals surface area contributed by atoms with Gasteiger partial charge in [-0.1, -0.05) is 17.7 Å². The molecule has 2 N–H and O–H groups in total. The van der Waals surface area contributed by atoms with Crippen LogP contribution in [0.4, 0.5) is 17.1 Å². The molecule has 0 unspecified atom stereocenters. The number of rotatable bonds is 7. The van der Waals surface area contributed by atoms with Gasteiger partial charge in [0.2, 0.25) is 0 Å². The molecular formula is C25H34ClN5O2. The molecule has 0 aromatic heterocycles. The van der Waals surface area contributed by atoms with Crippen LogP contribution in [0.2, 0.25) is 5.02 Å². The van der Waals surface area contributed by atoms with Crippen LogP contribution in [0, 0.1) is 0 Å². The molecule has 178 valence electrons. The molecule has 2 aliphatic heterocycles. The molecular weight excluding hydrogens is 438 g/mol. The summed E-state index contributed by atoms with van der Waals surface area (Å²) in [7, 11) is 2.07. The number of likely N-dealkylation sites (N-methyl/N-ethyl adjacent to an activating group) is 1. The summed E-state index contributed by atoms with van der Waals surface area (Å²) in [5.74, 6) is -0.313. The molecule has 1 amide bonds. The van der Waals surface area contributed by atoms with Gasteiger partial charge in [0.25, 0.3) is 5.91 Å². The number of nitrogens with zero attached hydrogens (tertiary/aromatic N) is 4. The second kappa shape index (κ2) is 11.2. The molecule has 0 saturated carbocycles. The van der Waals surface area contributed by atoms with E-state index < -0.39 is 0 Å². The standard InChI is InChI=1S/C25H34ClN5O2/c1-28-13-15-29(16-14-28)19-25(32)31(33)18-20-5-6-22(17-24(20)26)27-21-7-9-23(10-8-21)30-11-3-2-4-12-30/h5-10,17,27,33H,2-4,11-16,18-19H2,1H3. The minimum absolute atomic E-state index is 0.0657. The lowest BCUT2D eigenvalue weighted by molar-refractivity contribution is -0.169. The lowest BCUT2D eigenvalue weighted by Gasteiger charge is -2.32. The molecule has 2 aromatic rings. The Morgan fingerprint density at radius 3 is 2.30 bits per heavy atom. The van der Waals surface area contributed by atoms with Crippen molar-refractivity contribution in [1.82, 2.24) is 14.9 Å².